The molecule has 29 heavy (non-hydrogen) atoms. The van der Waals surface area contributed by atoms with Crippen molar-refractivity contribution in [2.24, 2.45) is 0 Å². The van der Waals surface area contributed by atoms with Crippen molar-refractivity contribution in [2.75, 3.05) is 0 Å². The third-order valence-corrected chi connectivity index (χ3v) is 4.50. The molecule has 1 aliphatic rings. The Balaban J connectivity index is 1.97. The third-order valence-electron chi connectivity index (χ3n) is 4.28. The zero-order valence-corrected chi connectivity index (χ0v) is 15.9. The van der Waals surface area contributed by atoms with E-state index in [1.165, 1.54) is 6.92 Å². The highest BCUT2D eigenvalue weighted by Crippen LogP contribution is 2.33. The van der Waals surface area contributed by atoms with Crippen LogP contribution in [0.15, 0.2) is 53.7 Å². The average Bonchev–Trinajstić information content (AvgIpc) is 2.66. The Morgan fingerprint density at radius 1 is 1.24 bits per heavy atom. The van der Waals surface area contributed by atoms with Gasteiger partial charge in [-0.1, -0.05) is 30.3 Å². The van der Waals surface area contributed by atoms with Crippen molar-refractivity contribution >= 4 is 29.0 Å². The minimum Gasteiger partial charge on any atom is -0.457 e. The lowest BCUT2D eigenvalue weighted by Gasteiger charge is -2.30. The number of rotatable bonds is 5. The first-order valence-corrected chi connectivity index (χ1v) is 8.81. The van der Waals surface area contributed by atoms with Gasteiger partial charge in [0.2, 0.25) is 5.82 Å². The van der Waals surface area contributed by atoms with Gasteiger partial charge in [0.15, 0.2) is 5.11 Å². The van der Waals surface area contributed by atoms with Crippen molar-refractivity contribution in [3.05, 3.63) is 86.6 Å². The van der Waals surface area contributed by atoms with Crippen LogP contribution in [-0.4, -0.2) is 16.0 Å². The maximum Gasteiger partial charge on any atom is 0.338 e. The van der Waals surface area contributed by atoms with E-state index in [0.717, 1.165) is 11.6 Å². The van der Waals surface area contributed by atoms with E-state index in [1.807, 2.05) is 6.07 Å². The fraction of sp³-hybridized carbons (Fsp3) is 0.158. The standard InChI is InChI=1S/C19H15F2N3O4S/c1-10-16(18(25)28-9-11-5-3-2-4-6-11)17(23-19(29)22-10)12-7-15(24(26)27)14(21)8-13(12)20/h2-8,17H,9H2,1H3,(H2,22,23,29). The summed E-state index contributed by atoms with van der Waals surface area (Å²) in [6, 6.07) is 8.87. The number of carbonyl (C=O) groups is 1. The highest BCUT2D eigenvalue weighted by atomic mass is 32.1. The lowest BCUT2D eigenvalue weighted by molar-refractivity contribution is -0.387. The van der Waals surface area contributed by atoms with E-state index >= 15 is 0 Å². The second-order valence-corrected chi connectivity index (χ2v) is 6.62. The summed E-state index contributed by atoms with van der Waals surface area (Å²) in [5.41, 5.74) is -0.195. The molecule has 1 heterocycles. The van der Waals surface area contributed by atoms with E-state index in [9.17, 15) is 23.7 Å². The number of carbonyl (C=O) groups excluding carboxylic acids is 1. The zero-order chi connectivity index (χ0) is 21.1. The highest BCUT2D eigenvalue weighted by Gasteiger charge is 2.34. The Morgan fingerprint density at radius 3 is 2.59 bits per heavy atom. The van der Waals surface area contributed by atoms with Crippen LogP contribution in [0.3, 0.4) is 0 Å². The molecule has 150 valence electrons. The van der Waals surface area contributed by atoms with E-state index < -0.39 is 34.3 Å². The number of allylic oxidation sites excluding steroid dienone is 1. The van der Waals surface area contributed by atoms with Gasteiger partial charge in [0.25, 0.3) is 0 Å². The van der Waals surface area contributed by atoms with Crippen LogP contribution in [0.4, 0.5) is 14.5 Å². The highest BCUT2D eigenvalue weighted by molar-refractivity contribution is 7.80. The molecule has 1 unspecified atom stereocenters. The van der Waals surface area contributed by atoms with Gasteiger partial charge in [0.05, 0.1) is 16.5 Å². The number of halogens is 2. The number of nitrogens with one attached hydrogen (secondary N) is 2. The van der Waals surface area contributed by atoms with Crippen molar-refractivity contribution in [3.63, 3.8) is 0 Å². The molecule has 2 aromatic rings. The summed E-state index contributed by atoms with van der Waals surface area (Å²) in [5.74, 6) is -3.15. The van der Waals surface area contributed by atoms with Gasteiger partial charge in [0, 0.05) is 23.4 Å². The fourth-order valence-corrected chi connectivity index (χ4v) is 3.18. The molecule has 0 saturated heterocycles. The summed E-state index contributed by atoms with van der Waals surface area (Å²) < 4.78 is 33.5. The molecule has 0 radical (unpaired) electrons. The Kier molecular flexibility index (Phi) is 5.83. The molecular weight excluding hydrogens is 404 g/mol. The van der Waals surface area contributed by atoms with Crippen LogP contribution < -0.4 is 10.6 Å². The molecule has 7 nitrogen and oxygen atoms in total. The van der Waals surface area contributed by atoms with Crippen molar-refractivity contribution in [3.8, 4) is 0 Å². The third kappa shape index (κ3) is 4.37. The van der Waals surface area contributed by atoms with Gasteiger partial charge in [-0.15, -0.1) is 0 Å². The van der Waals surface area contributed by atoms with Crippen LogP contribution in [0.5, 0.6) is 0 Å². The van der Waals surface area contributed by atoms with E-state index in [2.05, 4.69) is 10.6 Å². The van der Waals surface area contributed by atoms with Crippen LogP contribution in [0.1, 0.15) is 24.1 Å². The Bertz CT molecular complexity index is 1030. The van der Waals surface area contributed by atoms with Gasteiger partial charge in [0.1, 0.15) is 12.4 Å². The number of benzene rings is 2. The summed E-state index contributed by atoms with van der Waals surface area (Å²) in [5, 5.41) is 16.6. The number of nitrogens with zero attached hydrogens (tertiary/aromatic N) is 1. The fourth-order valence-electron chi connectivity index (χ4n) is 2.91. The number of hydrogen-bond donors (Lipinski definition) is 2. The van der Waals surface area contributed by atoms with Gasteiger partial charge in [-0.3, -0.25) is 10.1 Å². The number of esters is 1. The predicted molar refractivity (Wildman–Crippen MR) is 104 cm³/mol. The second kappa shape index (κ2) is 8.31. The van der Waals surface area contributed by atoms with Crippen LogP contribution in [-0.2, 0) is 16.1 Å². The summed E-state index contributed by atoms with van der Waals surface area (Å²) >= 11 is 5.06. The van der Waals surface area contributed by atoms with Crippen LogP contribution in [0.25, 0.3) is 0 Å². The quantitative estimate of drug-likeness (QED) is 0.332. The number of nitro benzene ring substituents is 1. The smallest absolute Gasteiger partial charge is 0.338 e. The van der Waals surface area contributed by atoms with Crippen LogP contribution in [0, 0.1) is 21.7 Å². The lowest BCUT2D eigenvalue weighted by atomic mass is 9.94. The molecule has 0 spiro atoms. The summed E-state index contributed by atoms with van der Waals surface area (Å²) in [6.07, 6.45) is 0. The monoisotopic (exact) mass is 419 g/mol. The molecule has 2 aromatic carbocycles. The summed E-state index contributed by atoms with van der Waals surface area (Å²) in [7, 11) is 0. The molecule has 1 aliphatic heterocycles. The van der Waals surface area contributed by atoms with Crippen LogP contribution >= 0.6 is 12.2 Å². The number of hydrogen-bond acceptors (Lipinski definition) is 5. The Morgan fingerprint density at radius 2 is 1.93 bits per heavy atom. The van der Waals surface area contributed by atoms with E-state index in [-0.39, 0.29) is 22.9 Å². The zero-order valence-electron chi connectivity index (χ0n) is 15.1. The minimum atomic E-state index is -1.32. The molecule has 10 heteroatoms. The van der Waals surface area contributed by atoms with Gasteiger partial charge >= 0.3 is 11.7 Å². The summed E-state index contributed by atoms with van der Waals surface area (Å²) in [6.45, 7) is 1.51. The maximum atomic E-state index is 14.5. The molecule has 3 rings (SSSR count). The SMILES string of the molecule is CC1=C(C(=O)OCc2ccccc2)C(c2cc([N+](=O)[O-])c(F)cc2F)NC(=S)N1. The Labute approximate surface area is 169 Å². The maximum absolute atomic E-state index is 14.5. The Hall–Kier alpha value is -3.40. The van der Waals surface area contributed by atoms with E-state index in [4.69, 9.17) is 17.0 Å². The van der Waals surface area contributed by atoms with Crippen molar-refractivity contribution in [1.82, 2.24) is 10.6 Å². The minimum absolute atomic E-state index is 0.0191. The summed E-state index contributed by atoms with van der Waals surface area (Å²) in [4.78, 5) is 22.8. The molecule has 1 atom stereocenters. The first kappa shape index (κ1) is 20.3. The van der Waals surface area contributed by atoms with Crippen molar-refractivity contribution in [1.29, 1.82) is 0 Å². The molecular formula is C19H15F2N3O4S. The first-order chi connectivity index (χ1) is 13.8. The van der Waals surface area contributed by atoms with Crippen molar-refractivity contribution < 1.29 is 23.2 Å². The lowest BCUT2D eigenvalue weighted by Crippen LogP contribution is -2.45. The number of thiocarbonyl (C=S) groups is 1. The molecule has 0 saturated carbocycles. The van der Waals surface area contributed by atoms with Gasteiger partial charge in [-0.05, 0) is 24.7 Å². The molecule has 0 aliphatic carbocycles. The molecule has 0 fully saturated rings. The number of ether oxygens (including phenoxy) is 1. The van der Waals surface area contributed by atoms with Crippen molar-refractivity contribution in [2.45, 2.75) is 19.6 Å². The van der Waals surface area contributed by atoms with Gasteiger partial charge in [-0.25, -0.2) is 9.18 Å². The molecule has 2 N–H and O–H groups in total. The largest absolute Gasteiger partial charge is 0.457 e. The van der Waals surface area contributed by atoms with E-state index in [1.54, 1.807) is 24.3 Å². The first-order valence-electron chi connectivity index (χ1n) is 8.40. The number of nitro groups is 1. The van der Waals surface area contributed by atoms with Crippen LogP contribution in [0.2, 0.25) is 0 Å². The van der Waals surface area contributed by atoms with Gasteiger partial charge < -0.3 is 15.4 Å². The average molecular weight is 419 g/mol. The topological polar surface area (TPSA) is 93.5 Å². The second-order valence-electron chi connectivity index (χ2n) is 6.21. The van der Waals surface area contributed by atoms with E-state index in [0.29, 0.717) is 11.8 Å². The van der Waals surface area contributed by atoms with Gasteiger partial charge in [-0.2, -0.15) is 4.39 Å². The normalized spacial score (nSPS) is 16.1. The molecule has 0 bridgehead atoms. The molecule has 0 aromatic heterocycles. The predicted octanol–water partition coefficient (Wildman–Crippen LogP) is 3.41. The molecule has 0 amide bonds.